The fourth-order valence-corrected chi connectivity index (χ4v) is 10.2. The SMILES string of the molecule is O=C1C2CC=C3C(CC4C(=O)N(Nc5ncc(C(F)(F)F)cc5Cl)C(=O)C4(c4ccc(Cl)cc4)C3c3c(O)ccc4ccccc34)C2C(=O)N1CCc1ccc(O)cc1. The first kappa shape index (κ1) is 38.6. The number of imide groups is 2. The molecule has 0 spiro atoms. The second-order valence-electron chi connectivity index (χ2n) is 15.4. The number of phenolic OH excluding ortho intramolecular Hbond substituents is 2. The van der Waals surface area contributed by atoms with Crippen molar-refractivity contribution in [3.63, 3.8) is 0 Å². The van der Waals surface area contributed by atoms with Gasteiger partial charge in [-0.05, 0) is 83.5 Å². The number of nitrogens with one attached hydrogen (secondary N) is 1. The molecular formula is C44H33Cl2F3N4O6. The van der Waals surface area contributed by atoms with E-state index in [4.69, 9.17) is 23.2 Å². The third kappa shape index (κ3) is 6.04. The number of allylic oxidation sites excluding steroid dienone is 2. The van der Waals surface area contributed by atoms with Gasteiger partial charge in [-0.3, -0.25) is 29.5 Å². The zero-order valence-corrected chi connectivity index (χ0v) is 32.3. The van der Waals surface area contributed by atoms with Gasteiger partial charge in [0.2, 0.25) is 11.8 Å². The Morgan fingerprint density at radius 1 is 0.864 bits per heavy atom. The molecule has 1 aromatic heterocycles. The number of phenols is 2. The Kier molecular flexibility index (Phi) is 9.24. The number of anilines is 1. The van der Waals surface area contributed by atoms with Gasteiger partial charge in [-0.2, -0.15) is 18.2 Å². The molecule has 3 N–H and O–H groups in total. The normalized spacial score (nSPS) is 25.2. The number of aromatic nitrogens is 1. The molecule has 300 valence electrons. The van der Waals surface area contributed by atoms with Crippen molar-refractivity contribution in [1.82, 2.24) is 14.9 Å². The van der Waals surface area contributed by atoms with Crippen molar-refractivity contribution in [3.05, 3.63) is 141 Å². The van der Waals surface area contributed by atoms with E-state index >= 15 is 9.59 Å². The van der Waals surface area contributed by atoms with Crippen molar-refractivity contribution >= 4 is 63.4 Å². The third-order valence-corrected chi connectivity index (χ3v) is 13.0. The van der Waals surface area contributed by atoms with Crippen LogP contribution in [0.15, 0.2) is 109 Å². The highest BCUT2D eigenvalue weighted by atomic mass is 35.5. The molecule has 0 radical (unpaired) electrons. The second-order valence-corrected chi connectivity index (χ2v) is 16.2. The molecule has 3 heterocycles. The molecule has 1 saturated carbocycles. The molecule has 3 fully saturated rings. The van der Waals surface area contributed by atoms with Gasteiger partial charge in [-0.1, -0.05) is 89.4 Å². The van der Waals surface area contributed by atoms with E-state index in [9.17, 15) is 33.0 Å². The molecule has 10 nitrogen and oxygen atoms in total. The van der Waals surface area contributed by atoms with Gasteiger partial charge < -0.3 is 10.2 Å². The predicted molar refractivity (Wildman–Crippen MR) is 211 cm³/mol. The quantitative estimate of drug-likeness (QED) is 0.110. The topological polar surface area (TPSA) is 140 Å². The summed E-state index contributed by atoms with van der Waals surface area (Å²) in [5.74, 6) is -7.55. The number of aromatic hydroxyl groups is 2. The molecule has 4 aliphatic rings. The molecule has 15 heteroatoms. The van der Waals surface area contributed by atoms with Crippen LogP contribution in [0.5, 0.6) is 11.5 Å². The number of benzene rings is 4. The molecule has 2 saturated heterocycles. The van der Waals surface area contributed by atoms with Gasteiger partial charge in [-0.15, -0.1) is 0 Å². The summed E-state index contributed by atoms with van der Waals surface area (Å²) in [6.07, 6.45) is -1.95. The average Bonchev–Trinajstić information content (AvgIpc) is 3.58. The van der Waals surface area contributed by atoms with E-state index in [1.165, 1.54) is 23.1 Å². The highest BCUT2D eigenvalue weighted by molar-refractivity contribution is 6.33. The Labute approximate surface area is 344 Å². The standard InChI is InChI=1S/C44H33Cl2F3N4O6/c45-26-10-8-24(9-11-26)43-32(40(57)53(42(43)59)51-38-33(46)19-25(21-50-38)44(47,48)49)20-31-29(37(43)36-28-4-2-1-3-23(28)7-16-34(36)55)14-15-30-35(31)41(58)52(39(30)56)18-17-22-5-12-27(54)13-6-22/h1-14,16,19,21,30-32,35,37,54-55H,15,17-18,20H2,(H,50,51). The van der Waals surface area contributed by atoms with Crippen molar-refractivity contribution in [2.45, 2.75) is 36.8 Å². The number of carbonyl (C=O) groups is 4. The third-order valence-electron chi connectivity index (χ3n) is 12.4. The van der Waals surface area contributed by atoms with Gasteiger partial charge in [0.15, 0.2) is 5.82 Å². The fourth-order valence-electron chi connectivity index (χ4n) is 9.87. The summed E-state index contributed by atoms with van der Waals surface area (Å²) in [6.45, 7) is 0.0825. The highest BCUT2D eigenvalue weighted by Crippen LogP contribution is 2.65. The second kappa shape index (κ2) is 14.1. The maximum absolute atomic E-state index is 15.5. The highest BCUT2D eigenvalue weighted by Gasteiger charge is 2.71. The smallest absolute Gasteiger partial charge is 0.417 e. The van der Waals surface area contributed by atoms with Crippen LogP contribution in [0.3, 0.4) is 0 Å². The summed E-state index contributed by atoms with van der Waals surface area (Å²) in [5, 5.41) is 23.6. The van der Waals surface area contributed by atoms with Gasteiger partial charge in [0.05, 0.1) is 33.8 Å². The van der Waals surface area contributed by atoms with Crippen LogP contribution in [0.4, 0.5) is 19.0 Å². The lowest BCUT2D eigenvalue weighted by Gasteiger charge is -2.51. The van der Waals surface area contributed by atoms with Crippen LogP contribution >= 0.6 is 23.2 Å². The zero-order chi connectivity index (χ0) is 41.5. The summed E-state index contributed by atoms with van der Waals surface area (Å²) in [7, 11) is 0. The van der Waals surface area contributed by atoms with Gasteiger partial charge in [0, 0.05) is 29.2 Å². The summed E-state index contributed by atoms with van der Waals surface area (Å²) in [5.41, 5.74) is 1.76. The lowest BCUT2D eigenvalue weighted by Crippen LogP contribution is -2.53. The van der Waals surface area contributed by atoms with Crippen molar-refractivity contribution in [2.75, 3.05) is 12.0 Å². The lowest BCUT2D eigenvalue weighted by atomic mass is 9.48. The number of amides is 4. The predicted octanol–water partition coefficient (Wildman–Crippen LogP) is 8.20. The van der Waals surface area contributed by atoms with Crippen LogP contribution in [-0.2, 0) is 37.2 Å². The molecule has 4 aromatic carbocycles. The number of carbonyl (C=O) groups excluding carboxylic acids is 4. The molecule has 5 aromatic rings. The minimum absolute atomic E-state index is 0.0700. The number of hydrogen-bond donors (Lipinski definition) is 3. The summed E-state index contributed by atoms with van der Waals surface area (Å²) < 4.78 is 40.7. The number of likely N-dealkylation sites (tertiary alicyclic amines) is 1. The zero-order valence-electron chi connectivity index (χ0n) is 30.8. The largest absolute Gasteiger partial charge is 0.508 e. The Morgan fingerprint density at radius 3 is 2.31 bits per heavy atom. The first-order valence-corrected chi connectivity index (χ1v) is 19.6. The van der Waals surface area contributed by atoms with Crippen LogP contribution in [-0.4, -0.2) is 55.3 Å². The van der Waals surface area contributed by atoms with Gasteiger partial charge in [-0.25, -0.2) is 4.98 Å². The summed E-state index contributed by atoms with van der Waals surface area (Å²) in [4.78, 5) is 64.3. The van der Waals surface area contributed by atoms with Crippen molar-refractivity contribution < 1.29 is 42.6 Å². The molecule has 2 aliphatic heterocycles. The Hall–Kier alpha value is -5.92. The van der Waals surface area contributed by atoms with E-state index in [2.05, 4.69) is 10.4 Å². The number of halogens is 5. The van der Waals surface area contributed by atoms with Crippen LogP contribution < -0.4 is 5.43 Å². The van der Waals surface area contributed by atoms with Crippen molar-refractivity contribution in [3.8, 4) is 11.5 Å². The van der Waals surface area contributed by atoms with E-state index in [1.54, 1.807) is 54.6 Å². The van der Waals surface area contributed by atoms with E-state index in [0.717, 1.165) is 16.0 Å². The summed E-state index contributed by atoms with van der Waals surface area (Å²) in [6, 6.07) is 24.0. The number of fused-ring (bicyclic) bond motifs is 5. The van der Waals surface area contributed by atoms with Gasteiger partial charge in [0.1, 0.15) is 11.5 Å². The minimum Gasteiger partial charge on any atom is -0.508 e. The average molecular weight is 842 g/mol. The van der Waals surface area contributed by atoms with Crippen LogP contribution in [0.1, 0.15) is 41.0 Å². The molecule has 59 heavy (non-hydrogen) atoms. The Morgan fingerprint density at radius 2 is 1.59 bits per heavy atom. The monoisotopic (exact) mass is 840 g/mol. The first-order chi connectivity index (χ1) is 28.2. The lowest BCUT2D eigenvalue weighted by molar-refractivity contribution is -0.141. The molecule has 6 unspecified atom stereocenters. The maximum Gasteiger partial charge on any atom is 0.417 e. The van der Waals surface area contributed by atoms with Crippen molar-refractivity contribution in [1.29, 1.82) is 0 Å². The summed E-state index contributed by atoms with van der Waals surface area (Å²) >= 11 is 12.7. The van der Waals surface area contributed by atoms with E-state index in [-0.39, 0.29) is 42.6 Å². The Bertz CT molecular complexity index is 2620. The first-order valence-electron chi connectivity index (χ1n) is 18.9. The minimum atomic E-state index is -4.77. The maximum atomic E-state index is 15.5. The van der Waals surface area contributed by atoms with E-state index < -0.39 is 69.5 Å². The van der Waals surface area contributed by atoms with Crippen LogP contribution in [0.2, 0.25) is 10.0 Å². The number of hydrazine groups is 1. The molecule has 6 atom stereocenters. The molecule has 4 amide bonds. The number of pyridine rings is 1. The van der Waals surface area contributed by atoms with Crippen molar-refractivity contribution in [2.24, 2.45) is 23.7 Å². The van der Waals surface area contributed by atoms with E-state index in [1.807, 2.05) is 18.2 Å². The van der Waals surface area contributed by atoms with Gasteiger partial charge >= 0.3 is 6.18 Å². The fraction of sp³-hybridized carbons (Fsp3) is 0.250. The Balaban J connectivity index is 1.21. The van der Waals surface area contributed by atoms with Gasteiger partial charge in [0.25, 0.3) is 11.8 Å². The molecule has 2 aliphatic carbocycles. The number of rotatable bonds is 7. The molecular weight excluding hydrogens is 808 g/mol. The van der Waals surface area contributed by atoms with Crippen LogP contribution in [0, 0.1) is 23.7 Å². The van der Waals surface area contributed by atoms with Crippen LogP contribution in [0.25, 0.3) is 10.8 Å². The van der Waals surface area contributed by atoms with E-state index in [0.29, 0.717) is 45.8 Å². The molecule has 9 rings (SSSR count). The number of nitrogens with zero attached hydrogens (tertiary/aromatic N) is 3. The number of hydrogen-bond acceptors (Lipinski definition) is 8. The molecule has 0 bridgehead atoms. The number of alkyl halides is 3.